The van der Waals surface area contributed by atoms with Gasteiger partial charge in [-0.2, -0.15) is 0 Å². The van der Waals surface area contributed by atoms with Crippen LogP contribution >= 0.6 is 24.8 Å². The highest BCUT2D eigenvalue weighted by molar-refractivity contribution is 6.09. The van der Waals surface area contributed by atoms with Gasteiger partial charge in [0, 0.05) is 23.7 Å². The second-order valence-corrected chi connectivity index (χ2v) is 8.85. The first-order chi connectivity index (χ1) is 14.2. The Balaban J connectivity index is 0.00000171. The van der Waals surface area contributed by atoms with Crippen molar-refractivity contribution in [2.24, 2.45) is 0 Å². The van der Waals surface area contributed by atoms with Crippen molar-refractivity contribution in [1.29, 1.82) is 0 Å². The molecule has 1 atom stereocenters. The van der Waals surface area contributed by atoms with Gasteiger partial charge in [-0.1, -0.05) is 61.9 Å². The van der Waals surface area contributed by atoms with Gasteiger partial charge in [-0.3, -0.25) is 4.79 Å². The average molecular weight is 463 g/mol. The van der Waals surface area contributed by atoms with Crippen LogP contribution in [0.1, 0.15) is 66.4 Å². The van der Waals surface area contributed by atoms with Crippen molar-refractivity contribution in [2.45, 2.75) is 51.0 Å². The molecule has 4 rings (SSSR count). The van der Waals surface area contributed by atoms with Gasteiger partial charge in [-0.25, -0.2) is 0 Å². The first-order valence-corrected chi connectivity index (χ1v) is 11.4. The van der Waals surface area contributed by atoms with Crippen molar-refractivity contribution in [3.8, 4) is 0 Å². The summed E-state index contributed by atoms with van der Waals surface area (Å²) in [6.07, 6.45) is 6.79. The molecular formula is C26H36Cl2N2O. The molecule has 2 fully saturated rings. The number of halogens is 2. The molecule has 0 radical (unpaired) electrons. The first kappa shape index (κ1) is 25.9. The van der Waals surface area contributed by atoms with E-state index in [1.165, 1.54) is 63.8 Å². The van der Waals surface area contributed by atoms with E-state index in [9.17, 15) is 4.79 Å². The second-order valence-electron chi connectivity index (χ2n) is 8.85. The quantitative estimate of drug-likeness (QED) is 0.505. The van der Waals surface area contributed by atoms with Crippen molar-refractivity contribution in [1.82, 2.24) is 9.80 Å². The highest BCUT2D eigenvalue weighted by atomic mass is 35.5. The maximum Gasteiger partial charge on any atom is 0.193 e. The number of carbonyl (C=O) groups is 1. The highest BCUT2D eigenvalue weighted by Gasteiger charge is 2.26. The minimum Gasteiger partial charge on any atom is -0.303 e. The van der Waals surface area contributed by atoms with E-state index in [-0.39, 0.29) is 30.6 Å². The molecule has 0 amide bonds. The number of nitrogens with zero attached hydrogens (tertiary/aromatic N) is 2. The van der Waals surface area contributed by atoms with E-state index in [2.05, 4.69) is 28.9 Å². The van der Waals surface area contributed by atoms with Gasteiger partial charge in [-0.05, 0) is 69.4 Å². The minimum absolute atomic E-state index is 0. The molecule has 2 aliphatic heterocycles. The predicted octanol–water partition coefficient (Wildman–Crippen LogP) is 5.82. The highest BCUT2D eigenvalue weighted by Crippen LogP contribution is 2.24. The summed E-state index contributed by atoms with van der Waals surface area (Å²) in [6.45, 7) is 8.40. The molecule has 2 heterocycles. The Kier molecular flexibility index (Phi) is 10.5. The molecule has 2 aliphatic rings. The summed E-state index contributed by atoms with van der Waals surface area (Å²) < 4.78 is 0. The molecule has 31 heavy (non-hydrogen) atoms. The van der Waals surface area contributed by atoms with Gasteiger partial charge in [0.25, 0.3) is 0 Å². The predicted molar refractivity (Wildman–Crippen MR) is 134 cm³/mol. The van der Waals surface area contributed by atoms with E-state index in [1.54, 1.807) is 0 Å². The Morgan fingerprint density at radius 1 is 0.871 bits per heavy atom. The fraction of sp³-hybridized carbons (Fsp3) is 0.500. The van der Waals surface area contributed by atoms with Crippen molar-refractivity contribution >= 4 is 30.6 Å². The number of likely N-dealkylation sites (tertiary alicyclic amines) is 2. The Morgan fingerprint density at radius 2 is 1.52 bits per heavy atom. The summed E-state index contributed by atoms with van der Waals surface area (Å²) in [5, 5.41) is 0. The third-order valence-corrected chi connectivity index (χ3v) is 6.75. The zero-order valence-corrected chi connectivity index (χ0v) is 20.2. The molecule has 0 spiro atoms. The lowest BCUT2D eigenvalue weighted by Crippen LogP contribution is -2.47. The van der Waals surface area contributed by atoms with Crippen LogP contribution in [-0.4, -0.2) is 54.3 Å². The van der Waals surface area contributed by atoms with Crippen LogP contribution in [0.3, 0.4) is 0 Å². The van der Waals surface area contributed by atoms with Crippen LogP contribution in [0.2, 0.25) is 0 Å². The molecule has 2 saturated heterocycles. The molecule has 0 bridgehead atoms. The summed E-state index contributed by atoms with van der Waals surface area (Å²) in [6, 6.07) is 18.6. The third-order valence-electron chi connectivity index (χ3n) is 6.75. The molecule has 0 saturated carbocycles. The summed E-state index contributed by atoms with van der Waals surface area (Å²) in [4.78, 5) is 18.1. The standard InChI is InChI=1S/C26H34N2O.2ClH/c1-21(20-27-17-13-25(14-18-27)28-15-6-3-7-16-28)23-11-8-12-24(19-23)26(29)22-9-4-2-5-10-22;;/h2,4-5,8-12,19,21,25H,3,6-7,13-18,20H2,1H3;2*1H. The van der Waals surface area contributed by atoms with E-state index in [1.807, 2.05) is 42.5 Å². The summed E-state index contributed by atoms with van der Waals surface area (Å²) in [7, 11) is 0. The molecule has 5 heteroatoms. The van der Waals surface area contributed by atoms with Crippen molar-refractivity contribution < 1.29 is 4.79 Å². The summed E-state index contributed by atoms with van der Waals surface area (Å²) in [5.74, 6) is 0.548. The van der Waals surface area contributed by atoms with Crippen LogP contribution < -0.4 is 0 Å². The van der Waals surface area contributed by atoms with E-state index in [0.717, 1.165) is 23.7 Å². The Morgan fingerprint density at radius 3 is 2.19 bits per heavy atom. The van der Waals surface area contributed by atoms with Gasteiger partial charge in [0.15, 0.2) is 5.78 Å². The zero-order chi connectivity index (χ0) is 20.1. The van der Waals surface area contributed by atoms with Crippen LogP contribution in [0.4, 0.5) is 0 Å². The van der Waals surface area contributed by atoms with Crippen LogP contribution in [0.15, 0.2) is 54.6 Å². The topological polar surface area (TPSA) is 23.6 Å². The Labute approximate surface area is 200 Å². The number of rotatable bonds is 6. The monoisotopic (exact) mass is 462 g/mol. The molecule has 1 unspecified atom stereocenters. The third kappa shape index (κ3) is 6.79. The van der Waals surface area contributed by atoms with Crippen LogP contribution in [0.25, 0.3) is 0 Å². The fourth-order valence-corrected chi connectivity index (χ4v) is 4.99. The minimum atomic E-state index is 0. The molecule has 0 aromatic heterocycles. The normalized spacial score (nSPS) is 19.1. The van der Waals surface area contributed by atoms with Gasteiger partial charge in [0.2, 0.25) is 0 Å². The van der Waals surface area contributed by atoms with Gasteiger partial charge in [-0.15, -0.1) is 24.8 Å². The van der Waals surface area contributed by atoms with Crippen LogP contribution in [-0.2, 0) is 0 Å². The molecular weight excluding hydrogens is 427 g/mol. The first-order valence-electron chi connectivity index (χ1n) is 11.4. The lowest BCUT2D eigenvalue weighted by atomic mass is 9.94. The second kappa shape index (κ2) is 12.6. The molecule has 0 aliphatic carbocycles. The lowest BCUT2D eigenvalue weighted by molar-refractivity contribution is 0.0905. The van der Waals surface area contributed by atoms with Gasteiger partial charge < -0.3 is 9.80 Å². The number of ketones is 1. The molecule has 2 aromatic carbocycles. The number of piperidine rings is 2. The largest absolute Gasteiger partial charge is 0.303 e. The zero-order valence-electron chi connectivity index (χ0n) is 18.5. The Bertz CT molecular complexity index is 800. The number of carbonyl (C=O) groups excluding carboxylic acids is 1. The van der Waals surface area contributed by atoms with E-state index < -0.39 is 0 Å². The van der Waals surface area contributed by atoms with Crippen molar-refractivity contribution in [3.05, 3.63) is 71.3 Å². The van der Waals surface area contributed by atoms with Crippen molar-refractivity contribution in [2.75, 3.05) is 32.7 Å². The molecule has 170 valence electrons. The van der Waals surface area contributed by atoms with E-state index in [0.29, 0.717) is 5.92 Å². The average Bonchev–Trinajstić information content (AvgIpc) is 2.80. The van der Waals surface area contributed by atoms with Crippen molar-refractivity contribution in [3.63, 3.8) is 0 Å². The van der Waals surface area contributed by atoms with E-state index >= 15 is 0 Å². The summed E-state index contributed by atoms with van der Waals surface area (Å²) >= 11 is 0. The lowest BCUT2D eigenvalue weighted by Gasteiger charge is -2.40. The van der Waals surface area contributed by atoms with Gasteiger partial charge in [0.1, 0.15) is 0 Å². The SMILES string of the molecule is CC(CN1CCC(N2CCCCC2)CC1)c1cccc(C(=O)c2ccccc2)c1.Cl.Cl. The number of benzene rings is 2. The molecule has 3 nitrogen and oxygen atoms in total. The van der Waals surface area contributed by atoms with Crippen LogP contribution in [0.5, 0.6) is 0 Å². The van der Waals surface area contributed by atoms with Crippen LogP contribution in [0, 0.1) is 0 Å². The van der Waals surface area contributed by atoms with Gasteiger partial charge >= 0.3 is 0 Å². The number of hydrogen-bond acceptors (Lipinski definition) is 3. The number of hydrogen-bond donors (Lipinski definition) is 0. The Hall–Kier alpha value is -1.39. The molecule has 0 N–H and O–H groups in total. The fourth-order valence-electron chi connectivity index (χ4n) is 4.99. The summed E-state index contributed by atoms with van der Waals surface area (Å²) in [5.41, 5.74) is 2.83. The maximum absolute atomic E-state index is 12.8. The van der Waals surface area contributed by atoms with E-state index in [4.69, 9.17) is 0 Å². The molecule has 2 aromatic rings. The van der Waals surface area contributed by atoms with Gasteiger partial charge in [0.05, 0.1) is 0 Å². The smallest absolute Gasteiger partial charge is 0.193 e. The maximum atomic E-state index is 12.8.